The first-order chi connectivity index (χ1) is 18.7. The van der Waals surface area contributed by atoms with Crippen molar-refractivity contribution in [3.05, 3.63) is 88.0 Å². The first-order valence-electron chi connectivity index (χ1n) is 11.4. The maximum Gasteiger partial charge on any atom is 0.294 e. The molecule has 200 valence electrons. The van der Waals surface area contributed by atoms with Crippen LogP contribution < -0.4 is 20.1 Å². The maximum atomic E-state index is 13.1. The molecule has 39 heavy (non-hydrogen) atoms. The van der Waals surface area contributed by atoms with Gasteiger partial charge in [-0.05, 0) is 60.3 Å². The van der Waals surface area contributed by atoms with Gasteiger partial charge in [-0.15, -0.1) is 0 Å². The lowest BCUT2D eigenvalue weighted by Gasteiger charge is -2.14. The Morgan fingerprint density at radius 3 is 2.46 bits per heavy atom. The molecule has 1 fully saturated rings. The number of carbonyl (C=O) groups is 4. The van der Waals surface area contributed by atoms with Crippen LogP contribution in [0, 0.1) is 5.82 Å². The Labute approximate surface area is 231 Å². The van der Waals surface area contributed by atoms with E-state index >= 15 is 0 Å². The van der Waals surface area contributed by atoms with E-state index in [-0.39, 0.29) is 16.4 Å². The Balaban J connectivity index is 1.47. The number of methoxy groups -OCH3 is 1. The molecule has 1 aliphatic rings. The molecule has 3 aromatic rings. The van der Waals surface area contributed by atoms with E-state index in [1.54, 1.807) is 42.5 Å². The smallest absolute Gasteiger partial charge is 0.294 e. The van der Waals surface area contributed by atoms with Crippen molar-refractivity contribution < 1.29 is 33.0 Å². The second-order valence-electron chi connectivity index (χ2n) is 8.02. The van der Waals surface area contributed by atoms with Gasteiger partial charge in [-0.2, -0.15) is 0 Å². The Bertz CT molecular complexity index is 1460. The number of amides is 4. The van der Waals surface area contributed by atoms with Crippen LogP contribution in [0.3, 0.4) is 0 Å². The minimum absolute atomic E-state index is 0.0550. The maximum absolute atomic E-state index is 13.1. The van der Waals surface area contributed by atoms with Crippen LogP contribution in [0.2, 0.25) is 5.02 Å². The summed E-state index contributed by atoms with van der Waals surface area (Å²) in [6.07, 6.45) is 1.42. The van der Waals surface area contributed by atoms with Crippen molar-refractivity contribution in [1.29, 1.82) is 0 Å². The molecule has 9 nitrogen and oxygen atoms in total. The van der Waals surface area contributed by atoms with E-state index in [1.807, 2.05) is 0 Å². The first-order valence-corrected chi connectivity index (χ1v) is 12.6. The fraction of sp³-hybridized carbons (Fsp3) is 0.111. The lowest BCUT2D eigenvalue weighted by molar-refractivity contribution is -0.127. The molecule has 0 spiro atoms. The number of halogens is 2. The van der Waals surface area contributed by atoms with Gasteiger partial charge < -0.3 is 20.1 Å². The summed E-state index contributed by atoms with van der Waals surface area (Å²) in [6.45, 7) is -0.916. The van der Waals surface area contributed by atoms with Gasteiger partial charge in [0.15, 0.2) is 18.1 Å². The highest BCUT2D eigenvalue weighted by Crippen LogP contribution is 2.37. The summed E-state index contributed by atoms with van der Waals surface area (Å²) in [4.78, 5) is 51.3. The molecule has 2 N–H and O–H groups in total. The Morgan fingerprint density at radius 1 is 1.00 bits per heavy atom. The SMILES string of the molecule is COc1cccc(/C=C2/SC(=O)N(CC(=O)Nc3ccccc3Cl)C2=O)c1OCC(=O)Nc1ccc(F)cc1. The Morgan fingerprint density at radius 2 is 1.74 bits per heavy atom. The molecular weight excluding hydrogens is 549 g/mol. The lowest BCUT2D eigenvalue weighted by Crippen LogP contribution is -2.36. The van der Waals surface area contributed by atoms with Crippen LogP contribution in [0.25, 0.3) is 6.08 Å². The number of carbonyl (C=O) groups excluding carboxylic acids is 4. The molecule has 0 bridgehead atoms. The number of nitrogens with zero attached hydrogens (tertiary/aromatic N) is 1. The Hall–Kier alpha value is -4.35. The van der Waals surface area contributed by atoms with Gasteiger partial charge in [-0.3, -0.25) is 24.1 Å². The van der Waals surface area contributed by atoms with Crippen LogP contribution in [0.15, 0.2) is 71.6 Å². The molecular formula is C27H21ClFN3O6S. The molecule has 0 atom stereocenters. The predicted molar refractivity (Wildman–Crippen MR) is 146 cm³/mol. The Kier molecular flexibility index (Phi) is 8.84. The van der Waals surface area contributed by atoms with E-state index < -0.39 is 41.9 Å². The lowest BCUT2D eigenvalue weighted by atomic mass is 10.1. The fourth-order valence-electron chi connectivity index (χ4n) is 3.50. The van der Waals surface area contributed by atoms with Crippen LogP contribution in [0.4, 0.5) is 20.6 Å². The third-order valence-electron chi connectivity index (χ3n) is 5.31. The first kappa shape index (κ1) is 27.7. The topological polar surface area (TPSA) is 114 Å². The van der Waals surface area contributed by atoms with Gasteiger partial charge in [-0.25, -0.2) is 4.39 Å². The van der Waals surface area contributed by atoms with E-state index in [1.165, 1.54) is 37.5 Å². The number of nitrogens with one attached hydrogen (secondary N) is 2. The molecule has 0 aliphatic carbocycles. The summed E-state index contributed by atoms with van der Waals surface area (Å²) in [5.41, 5.74) is 1.11. The monoisotopic (exact) mass is 569 g/mol. The summed E-state index contributed by atoms with van der Waals surface area (Å²) in [5.74, 6) is -1.75. The van der Waals surface area contributed by atoms with Gasteiger partial charge in [0.1, 0.15) is 12.4 Å². The number of anilines is 2. The number of rotatable bonds is 9. The number of thioether (sulfide) groups is 1. The van der Waals surface area contributed by atoms with Crippen LogP contribution in [0.1, 0.15) is 5.56 Å². The second-order valence-corrected chi connectivity index (χ2v) is 9.42. The fourth-order valence-corrected chi connectivity index (χ4v) is 4.52. The second kappa shape index (κ2) is 12.5. The minimum Gasteiger partial charge on any atom is -0.493 e. The average Bonchev–Trinajstić information content (AvgIpc) is 3.17. The predicted octanol–water partition coefficient (Wildman–Crippen LogP) is 5.18. The van der Waals surface area contributed by atoms with Crippen molar-refractivity contribution >= 4 is 63.8 Å². The molecule has 0 saturated carbocycles. The van der Waals surface area contributed by atoms with Gasteiger partial charge in [0.2, 0.25) is 5.91 Å². The van der Waals surface area contributed by atoms with Crippen LogP contribution in [-0.4, -0.2) is 48.1 Å². The van der Waals surface area contributed by atoms with Crippen LogP contribution in [-0.2, 0) is 14.4 Å². The van der Waals surface area contributed by atoms with Crippen LogP contribution in [0.5, 0.6) is 11.5 Å². The van der Waals surface area contributed by atoms with Gasteiger partial charge in [0.25, 0.3) is 17.1 Å². The number of ether oxygens (including phenoxy) is 2. The van der Waals surface area contributed by atoms with E-state index in [9.17, 15) is 23.6 Å². The third kappa shape index (κ3) is 6.95. The molecule has 0 aromatic heterocycles. The summed E-state index contributed by atoms with van der Waals surface area (Å²) in [7, 11) is 1.41. The molecule has 0 radical (unpaired) electrons. The zero-order valence-electron chi connectivity index (χ0n) is 20.4. The van der Waals surface area contributed by atoms with Crippen molar-refractivity contribution in [2.75, 3.05) is 30.9 Å². The van der Waals surface area contributed by atoms with E-state index in [2.05, 4.69) is 10.6 Å². The standard InChI is InChI=1S/C27H21ClFN3O6S/c1-37-21-8-4-5-16(25(21)38-15-24(34)30-18-11-9-17(29)10-12-18)13-22-26(35)32(27(36)39-22)14-23(33)31-20-7-3-2-6-19(20)28/h2-13H,14-15H2,1H3,(H,30,34)(H,31,33)/b22-13+. The molecule has 3 aromatic carbocycles. The highest BCUT2D eigenvalue weighted by Gasteiger charge is 2.36. The minimum atomic E-state index is -0.665. The normalized spacial score (nSPS) is 13.9. The molecule has 4 rings (SSSR count). The molecule has 1 aliphatic heterocycles. The molecule has 1 saturated heterocycles. The van der Waals surface area contributed by atoms with Crippen molar-refractivity contribution in [3.8, 4) is 11.5 Å². The van der Waals surface area contributed by atoms with Crippen molar-refractivity contribution in [1.82, 2.24) is 4.90 Å². The summed E-state index contributed by atoms with van der Waals surface area (Å²) < 4.78 is 24.1. The highest BCUT2D eigenvalue weighted by atomic mass is 35.5. The van der Waals surface area contributed by atoms with E-state index in [0.29, 0.717) is 33.7 Å². The van der Waals surface area contributed by atoms with Crippen molar-refractivity contribution in [2.24, 2.45) is 0 Å². The van der Waals surface area contributed by atoms with Crippen molar-refractivity contribution in [2.45, 2.75) is 0 Å². The number of hydrogen-bond donors (Lipinski definition) is 2. The molecule has 0 unspecified atom stereocenters. The third-order valence-corrected chi connectivity index (χ3v) is 6.55. The zero-order valence-corrected chi connectivity index (χ0v) is 22.0. The van der Waals surface area contributed by atoms with Gasteiger partial charge in [0, 0.05) is 11.3 Å². The van der Waals surface area contributed by atoms with E-state index in [4.69, 9.17) is 21.1 Å². The van der Waals surface area contributed by atoms with Crippen LogP contribution >= 0.6 is 23.4 Å². The van der Waals surface area contributed by atoms with Crippen molar-refractivity contribution in [3.63, 3.8) is 0 Å². The highest BCUT2D eigenvalue weighted by molar-refractivity contribution is 8.18. The zero-order chi connectivity index (χ0) is 27.9. The molecule has 12 heteroatoms. The summed E-state index contributed by atoms with van der Waals surface area (Å²) in [5, 5.41) is 4.86. The quantitative estimate of drug-likeness (QED) is 0.341. The van der Waals surface area contributed by atoms with E-state index in [0.717, 1.165) is 4.90 Å². The van der Waals surface area contributed by atoms with Gasteiger partial charge in [0.05, 0.1) is 22.7 Å². The molecule has 1 heterocycles. The summed E-state index contributed by atoms with van der Waals surface area (Å²) in [6, 6.07) is 16.7. The largest absolute Gasteiger partial charge is 0.493 e. The number of imide groups is 1. The molecule has 4 amide bonds. The number of hydrogen-bond acceptors (Lipinski definition) is 7. The summed E-state index contributed by atoms with van der Waals surface area (Å²) >= 11 is 6.71. The number of benzene rings is 3. The number of para-hydroxylation sites is 2. The van der Waals surface area contributed by atoms with Gasteiger partial charge in [-0.1, -0.05) is 35.9 Å². The average molecular weight is 570 g/mol. The van der Waals surface area contributed by atoms with Gasteiger partial charge >= 0.3 is 0 Å².